The third-order valence-electron chi connectivity index (χ3n) is 3.18. The van der Waals surface area contributed by atoms with Crippen LogP contribution in [0.2, 0.25) is 0 Å². The van der Waals surface area contributed by atoms with Gasteiger partial charge in [-0.2, -0.15) is 0 Å². The molecule has 0 spiro atoms. The smallest absolute Gasteiger partial charge is 0.408 e. The molecule has 0 saturated heterocycles. The number of alkyl carbamates (subject to hydrolysis) is 1. The minimum absolute atomic E-state index is 0.00365. The molecule has 0 radical (unpaired) electrons. The topological polar surface area (TPSA) is 123 Å². The molecule has 0 saturated carbocycles. The summed E-state index contributed by atoms with van der Waals surface area (Å²) in [6.45, 7) is 1.31. The zero-order valence-corrected chi connectivity index (χ0v) is 14.2. The molecule has 0 heterocycles. The van der Waals surface area contributed by atoms with E-state index in [0.717, 1.165) is 12.7 Å². The van der Waals surface area contributed by atoms with Gasteiger partial charge in [0.05, 0.1) is 13.2 Å². The number of aliphatic hydroxyl groups excluding tert-OH is 1. The van der Waals surface area contributed by atoms with Crippen LogP contribution in [0.25, 0.3) is 0 Å². The van der Waals surface area contributed by atoms with Crippen molar-refractivity contribution < 1.29 is 33.7 Å². The maximum absolute atomic E-state index is 12.2. The number of rotatable bonds is 8. The van der Waals surface area contributed by atoms with E-state index < -0.39 is 36.3 Å². The second-order valence-electron chi connectivity index (χ2n) is 5.07. The van der Waals surface area contributed by atoms with Gasteiger partial charge in [-0.3, -0.25) is 4.79 Å². The quantitative estimate of drug-likeness (QED) is 0.441. The Morgan fingerprint density at radius 2 is 1.76 bits per heavy atom. The predicted molar refractivity (Wildman–Crippen MR) is 86.2 cm³/mol. The molecule has 0 aliphatic carbocycles. The van der Waals surface area contributed by atoms with Gasteiger partial charge in [0, 0.05) is 7.11 Å². The molecule has 0 aliphatic heterocycles. The Hall–Kier alpha value is -2.65. The lowest BCUT2D eigenvalue weighted by Crippen LogP contribution is -2.56. The van der Waals surface area contributed by atoms with Crippen LogP contribution in [0.1, 0.15) is 12.5 Å². The normalized spacial score (nSPS) is 13.9. The summed E-state index contributed by atoms with van der Waals surface area (Å²) in [4.78, 5) is 35.4. The first kappa shape index (κ1) is 20.4. The molecule has 3 N–H and O–H groups in total. The molecular weight excluding hydrogens is 332 g/mol. The lowest BCUT2D eigenvalue weighted by molar-refractivity contribution is -0.157. The van der Waals surface area contributed by atoms with Crippen molar-refractivity contribution in [2.75, 3.05) is 14.2 Å². The largest absolute Gasteiger partial charge is 0.466 e. The maximum Gasteiger partial charge on any atom is 0.408 e. The number of ether oxygens (including phenoxy) is 3. The van der Waals surface area contributed by atoms with Gasteiger partial charge < -0.3 is 30.0 Å². The summed E-state index contributed by atoms with van der Waals surface area (Å²) in [7, 11) is 2.33. The number of esters is 1. The SMILES string of the molecule is COC(=O)C(NC(=O)C(NC(=O)OCc1ccccc1)C(C)O)OC. The molecule has 2 amide bonds. The zero-order chi connectivity index (χ0) is 18.8. The van der Waals surface area contributed by atoms with Crippen LogP contribution in [-0.2, 0) is 30.4 Å². The molecule has 1 aromatic rings. The summed E-state index contributed by atoms with van der Waals surface area (Å²) < 4.78 is 14.2. The monoisotopic (exact) mass is 354 g/mol. The van der Waals surface area contributed by atoms with Crippen molar-refractivity contribution in [1.29, 1.82) is 0 Å². The summed E-state index contributed by atoms with van der Waals surface area (Å²) in [5, 5.41) is 14.2. The second-order valence-corrected chi connectivity index (χ2v) is 5.07. The maximum atomic E-state index is 12.2. The molecule has 9 heteroatoms. The zero-order valence-electron chi connectivity index (χ0n) is 14.2. The van der Waals surface area contributed by atoms with Crippen LogP contribution >= 0.6 is 0 Å². The van der Waals surface area contributed by atoms with Crippen molar-refractivity contribution in [3.8, 4) is 0 Å². The lowest BCUT2D eigenvalue weighted by Gasteiger charge is -2.23. The van der Waals surface area contributed by atoms with Gasteiger partial charge >= 0.3 is 12.1 Å². The first-order valence-electron chi connectivity index (χ1n) is 7.45. The molecule has 0 bridgehead atoms. The molecule has 3 unspecified atom stereocenters. The predicted octanol–water partition coefficient (Wildman–Crippen LogP) is -0.0761. The average molecular weight is 354 g/mol. The van der Waals surface area contributed by atoms with Gasteiger partial charge in [0.2, 0.25) is 12.1 Å². The van der Waals surface area contributed by atoms with E-state index >= 15 is 0 Å². The van der Waals surface area contributed by atoms with E-state index in [-0.39, 0.29) is 6.61 Å². The van der Waals surface area contributed by atoms with Crippen LogP contribution in [0.3, 0.4) is 0 Å². The highest BCUT2D eigenvalue weighted by molar-refractivity contribution is 5.89. The van der Waals surface area contributed by atoms with Crippen molar-refractivity contribution in [3.63, 3.8) is 0 Å². The standard InChI is InChI=1S/C16H22N2O7/c1-10(19)12(13(20)18-14(23-2)15(21)24-3)17-16(22)25-9-11-7-5-4-6-8-11/h4-8,10,12,14,19H,9H2,1-3H3,(H,17,22)(H,18,20). The Bertz CT molecular complexity index is 577. The number of nitrogens with one attached hydrogen (secondary N) is 2. The Balaban J connectivity index is 2.61. The number of aliphatic hydroxyl groups is 1. The Kier molecular flexibility index (Phi) is 8.37. The number of hydrogen-bond donors (Lipinski definition) is 3. The molecule has 9 nitrogen and oxygen atoms in total. The van der Waals surface area contributed by atoms with Crippen molar-refractivity contribution in [1.82, 2.24) is 10.6 Å². The molecule has 25 heavy (non-hydrogen) atoms. The van der Waals surface area contributed by atoms with Gasteiger partial charge in [0.25, 0.3) is 0 Å². The fourth-order valence-corrected chi connectivity index (χ4v) is 1.84. The van der Waals surface area contributed by atoms with Crippen LogP contribution < -0.4 is 10.6 Å². The van der Waals surface area contributed by atoms with Gasteiger partial charge in [-0.15, -0.1) is 0 Å². The first-order valence-corrected chi connectivity index (χ1v) is 7.45. The van der Waals surface area contributed by atoms with Gasteiger partial charge in [0.1, 0.15) is 12.6 Å². The molecule has 0 aliphatic rings. The van der Waals surface area contributed by atoms with E-state index in [9.17, 15) is 19.5 Å². The summed E-state index contributed by atoms with van der Waals surface area (Å²) in [6.07, 6.45) is -3.49. The molecular formula is C16H22N2O7. The highest BCUT2D eigenvalue weighted by Gasteiger charge is 2.30. The number of hydrogen-bond acceptors (Lipinski definition) is 7. The van der Waals surface area contributed by atoms with Gasteiger partial charge in [-0.05, 0) is 12.5 Å². The van der Waals surface area contributed by atoms with Crippen LogP contribution in [0.15, 0.2) is 30.3 Å². The highest BCUT2D eigenvalue weighted by atomic mass is 16.6. The van der Waals surface area contributed by atoms with E-state index in [1.165, 1.54) is 14.0 Å². The van der Waals surface area contributed by atoms with Crippen LogP contribution in [0, 0.1) is 0 Å². The van der Waals surface area contributed by atoms with E-state index in [1.54, 1.807) is 24.3 Å². The van der Waals surface area contributed by atoms with Crippen molar-refractivity contribution in [2.45, 2.75) is 31.9 Å². The van der Waals surface area contributed by atoms with Gasteiger partial charge in [-0.25, -0.2) is 9.59 Å². The van der Waals surface area contributed by atoms with E-state index in [4.69, 9.17) is 9.47 Å². The van der Waals surface area contributed by atoms with E-state index in [0.29, 0.717) is 0 Å². The van der Waals surface area contributed by atoms with Crippen molar-refractivity contribution in [2.24, 2.45) is 0 Å². The van der Waals surface area contributed by atoms with E-state index in [2.05, 4.69) is 15.4 Å². The van der Waals surface area contributed by atoms with Crippen molar-refractivity contribution >= 4 is 18.0 Å². The fraction of sp³-hybridized carbons (Fsp3) is 0.438. The minimum Gasteiger partial charge on any atom is -0.466 e. The molecule has 138 valence electrons. The Morgan fingerprint density at radius 3 is 2.28 bits per heavy atom. The first-order chi connectivity index (χ1) is 11.9. The number of methoxy groups -OCH3 is 2. The molecule has 0 fully saturated rings. The second kappa shape index (κ2) is 10.3. The summed E-state index contributed by atoms with van der Waals surface area (Å²) in [5.41, 5.74) is 0.765. The van der Waals surface area contributed by atoms with E-state index in [1.807, 2.05) is 6.07 Å². The molecule has 1 rings (SSSR count). The minimum atomic E-state index is -1.36. The molecule has 3 atom stereocenters. The molecule has 1 aromatic carbocycles. The van der Waals surface area contributed by atoms with Gasteiger partial charge in [-0.1, -0.05) is 30.3 Å². The van der Waals surface area contributed by atoms with Crippen LogP contribution in [-0.4, -0.2) is 55.7 Å². The number of carbonyl (C=O) groups is 3. The fourth-order valence-electron chi connectivity index (χ4n) is 1.84. The third-order valence-corrected chi connectivity index (χ3v) is 3.18. The van der Waals surface area contributed by atoms with Crippen molar-refractivity contribution in [3.05, 3.63) is 35.9 Å². The third kappa shape index (κ3) is 6.77. The number of amides is 2. The summed E-state index contributed by atoms with van der Waals surface area (Å²) >= 11 is 0. The molecule has 0 aromatic heterocycles. The Labute approximate surface area is 145 Å². The van der Waals surface area contributed by atoms with Gasteiger partial charge in [0.15, 0.2) is 0 Å². The van der Waals surface area contributed by atoms with Crippen LogP contribution in [0.5, 0.6) is 0 Å². The van der Waals surface area contributed by atoms with Crippen LogP contribution in [0.4, 0.5) is 4.79 Å². The summed E-state index contributed by atoms with van der Waals surface area (Å²) in [6, 6.07) is 7.61. The number of carbonyl (C=O) groups excluding carboxylic acids is 3. The lowest BCUT2D eigenvalue weighted by atomic mass is 10.1. The summed E-state index contributed by atoms with van der Waals surface area (Å²) in [5.74, 6) is -1.66. The average Bonchev–Trinajstić information content (AvgIpc) is 2.62. The Morgan fingerprint density at radius 1 is 1.12 bits per heavy atom. The highest BCUT2D eigenvalue weighted by Crippen LogP contribution is 2.02. The number of benzene rings is 1.